The molecule has 1 aromatic carbocycles. The van der Waals surface area contributed by atoms with Gasteiger partial charge >= 0.3 is 0 Å². The molecule has 0 amide bonds. The van der Waals surface area contributed by atoms with Crippen LogP contribution in [0.25, 0.3) is 0 Å². The number of aliphatic imine (C=N–C) groups is 1. The van der Waals surface area contributed by atoms with Crippen LogP contribution in [0.4, 0.5) is 5.95 Å². The molecule has 2 aromatic rings. The molecule has 1 aromatic heterocycles. The van der Waals surface area contributed by atoms with Crippen molar-refractivity contribution < 1.29 is 0 Å². The van der Waals surface area contributed by atoms with Crippen molar-refractivity contribution in [3.05, 3.63) is 46.2 Å². The first-order valence-electron chi connectivity index (χ1n) is 7.83. The van der Waals surface area contributed by atoms with Crippen LogP contribution in [0.1, 0.15) is 24.2 Å². The number of guanidine groups is 1. The zero-order valence-electron chi connectivity index (χ0n) is 14.8. The van der Waals surface area contributed by atoms with Crippen LogP contribution in [0.3, 0.4) is 0 Å². The minimum Gasteiger partial charge on any atom is -0.351 e. The third-order valence-corrected chi connectivity index (χ3v) is 4.57. The maximum Gasteiger partial charge on any atom is 0.204 e. The van der Waals surface area contributed by atoms with Gasteiger partial charge < -0.3 is 20.1 Å². The Balaban J connectivity index is 1.99. The molecule has 1 atom stereocenters. The molecule has 0 aliphatic heterocycles. The number of hydrogen-bond acceptors (Lipinski definition) is 3. The second-order valence-electron chi connectivity index (χ2n) is 5.82. The Morgan fingerprint density at radius 3 is 2.67 bits per heavy atom. The van der Waals surface area contributed by atoms with Gasteiger partial charge in [-0.25, -0.2) is 4.98 Å². The number of hydrogen-bond donors (Lipinski definition) is 2. The number of aromatic nitrogens is 2. The van der Waals surface area contributed by atoms with E-state index in [9.17, 15) is 0 Å². The van der Waals surface area contributed by atoms with Crippen molar-refractivity contribution in [1.29, 1.82) is 0 Å². The van der Waals surface area contributed by atoms with Crippen LogP contribution in [-0.2, 0) is 13.6 Å². The predicted molar refractivity (Wildman–Crippen MR) is 103 cm³/mol. The lowest BCUT2D eigenvalue weighted by atomic mass is 10.1. The van der Waals surface area contributed by atoms with Crippen molar-refractivity contribution in [2.75, 3.05) is 26.0 Å². The van der Waals surface area contributed by atoms with Gasteiger partial charge in [-0.3, -0.25) is 4.99 Å². The normalized spacial score (nSPS) is 12.8. The van der Waals surface area contributed by atoms with Crippen molar-refractivity contribution in [1.82, 2.24) is 20.2 Å². The first-order valence-corrected chi connectivity index (χ1v) is 8.62. The lowest BCUT2D eigenvalue weighted by molar-refractivity contribution is 0.673. The summed E-state index contributed by atoms with van der Waals surface area (Å²) in [6, 6.07) is 8.32. The molecule has 130 valence electrons. The van der Waals surface area contributed by atoms with Gasteiger partial charge in [0.2, 0.25) is 5.95 Å². The molecule has 2 N–H and O–H groups in total. The average molecular weight is 393 g/mol. The van der Waals surface area contributed by atoms with Crippen molar-refractivity contribution in [2.45, 2.75) is 19.5 Å². The maximum absolute atomic E-state index is 4.42. The van der Waals surface area contributed by atoms with E-state index in [4.69, 9.17) is 0 Å². The smallest absolute Gasteiger partial charge is 0.204 e. The number of benzene rings is 1. The highest BCUT2D eigenvalue weighted by Crippen LogP contribution is 2.22. The van der Waals surface area contributed by atoms with Gasteiger partial charge in [-0.1, -0.05) is 34.1 Å². The standard InChI is InChI=1S/C17H25BrN6/c1-12(14-8-6-7-9-15(14)18)22-16(19-2)20-10-13-11-21-17(23(3)4)24(13)5/h6-9,11-12H,10H2,1-5H3,(H2,19,20,22). The fourth-order valence-electron chi connectivity index (χ4n) is 2.49. The maximum atomic E-state index is 4.42. The van der Waals surface area contributed by atoms with Crippen LogP contribution in [0.5, 0.6) is 0 Å². The van der Waals surface area contributed by atoms with Crippen LogP contribution in [-0.4, -0.2) is 36.7 Å². The predicted octanol–water partition coefficient (Wildman–Crippen LogP) is 2.67. The summed E-state index contributed by atoms with van der Waals surface area (Å²) in [5.74, 6) is 1.68. The highest BCUT2D eigenvalue weighted by molar-refractivity contribution is 9.10. The first kappa shape index (κ1) is 18.3. The summed E-state index contributed by atoms with van der Waals surface area (Å²) in [6.07, 6.45) is 1.88. The van der Waals surface area contributed by atoms with E-state index < -0.39 is 0 Å². The van der Waals surface area contributed by atoms with Crippen LogP contribution in [0.2, 0.25) is 0 Å². The SMILES string of the molecule is CN=C(NCc1cnc(N(C)C)n1C)NC(C)c1ccccc1Br. The second kappa shape index (κ2) is 8.19. The molecule has 0 saturated heterocycles. The van der Waals surface area contributed by atoms with Gasteiger partial charge in [0, 0.05) is 32.7 Å². The number of rotatable bonds is 5. The van der Waals surface area contributed by atoms with Crippen LogP contribution in [0, 0.1) is 0 Å². The zero-order chi connectivity index (χ0) is 17.7. The van der Waals surface area contributed by atoms with Crippen LogP contribution in [0.15, 0.2) is 39.9 Å². The van der Waals surface area contributed by atoms with Crippen molar-refractivity contribution in [2.24, 2.45) is 12.0 Å². The molecule has 0 saturated carbocycles. The highest BCUT2D eigenvalue weighted by Gasteiger charge is 2.12. The molecular formula is C17H25BrN6. The molecule has 0 aliphatic rings. The minimum absolute atomic E-state index is 0.135. The summed E-state index contributed by atoms with van der Waals surface area (Å²) < 4.78 is 3.15. The third-order valence-electron chi connectivity index (χ3n) is 3.85. The van der Waals surface area contributed by atoms with E-state index in [2.05, 4.69) is 54.1 Å². The van der Waals surface area contributed by atoms with E-state index in [1.54, 1.807) is 7.05 Å². The Kier molecular flexibility index (Phi) is 6.25. The van der Waals surface area contributed by atoms with Gasteiger partial charge in [-0.2, -0.15) is 0 Å². The first-order chi connectivity index (χ1) is 11.4. The van der Waals surface area contributed by atoms with Crippen molar-refractivity contribution >= 4 is 27.8 Å². The topological polar surface area (TPSA) is 57.5 Å². The van der Waals surface area contributed by atoms with Crippen LogP contribution >= 0.6 is 15.9 Å². The number of nitrogens with one attached hydrogen (secondary N) is 2. The van der Waals surface area contributed by atoms with Gasteiger partial charge in [0.1, 0.15) is 0 Å². The largest absolute Gasteiger partial charge is 0.351 e. The second-order valence-corrected chi connectivity index (χ2v) is 6.67. The van der Waals surface area contributed by atoms with Gasteiger partial charge in [0.15, 0.2) is 5.96 Å². The Labute approximate surface area is 152 Å². The fraction of sp³-hybridized carbons (Fsp3) is 0.412. The molecule has 0 radical (unpaired) electrons. The minimum atomic E-state index is 0.135. The molecule has 0 aliphatic carbocycles. The van der Waals surface area contributed by atoms with Crippen molar-refractivity contribution in [3.63, 3.8) is 0 Å². The summed E-state index contributed by atoms with van der Waals surface area (Å²) in [5.41, 5.74) is 2.28. The van der Waals surface area contributed by atoms with Crippen molar-refractivity contribution in [3.8, 4) is 0 Å². The number of nitrogens with zero attached hydrogens (tertiary/aromatic N) is 4. The van der Waals surface area contributed by atoms with E-state index in [1.165, 1.54) is 5.56 Å². The van der Waals surface area contributed by atoms with Gasteiger partial charge in [0.05, 0.1) is 24.5 Å². The van der Waals surface area contributed by atoms with E-state index in [-0.39, 0.29) is 6.04 Å². The Bertz CT molecular complexity index is 707. The van der Waals surface area contributed by atoms with E-state index >= 15 is 0 Å². The van der Waals surface area contributed by atoms with E-state index in [1.807, 2.05) is 50.4 Å². The summed E-state index contributed by atoms with van der Waals surface area (Å²) in [6.45, 7) is 2.76. The quantitative estimate of drug-likeness (QED) is 0.606. The number of halogens is 1. The molecule has 1 unspecified atom stereocenters. The van der Waals surface area contributed by atoms with Gasteiger partial charge in [0.25, 0.3) is 0 Å². The monoisotopic (exact) mass is 392 g/mol. The molecule has 2 rings (SSSR count). The molecular weight excluding hydrogens is 368 g/mol. The fourth-order valence-corrected chi connectivity index (χ4v) is 3.12. The van der Waals surface area contributed by atoms with E-state index in [0.717, 1.165) is 22.1 Å². The molecule has 6 nitrogen and oxygen atoms in total. The summed E-state index contributed by atoms with van der Waals surface area (Å²) >= 11 is 3.59. The Morgan fingerprint density at radius 2 is 2.08 bits per heavy atom. The molecule has 0 spiro atoms. The Morgan fingerprint density at radius 1 is 1.38 bits per heavy atom. The summed E-state index contributed by atoms with van der Waals surface area (Å²) in [7, 11) is 7.76. The number of imidazole rings is 1. The summed E-state index contributed by atoms with van der Waals surface area (Å²) in [4.78, 5) is 10.7. The highest BCUT2D eigenvalue weighted by atomic mass is 79.9. The summed E-state index contributed by atoms with van der Waals surface area (Å²) in [5, 5.41) is 6.75. The molecule has 7 heteroatoms. The lowest BCUT2D eigenvalue weighted by Crippen LogP contribution is -2.38. The van der Waals surface area contributed by atoms with Gasteiger partial charge in [-0.05, 0) is 18.6 Å². The third kappa shape index (κ3) is 4.29. The van der Waals surface area contributed by atoms with E-state index in [0.29, 0.717) is 6.54 Å². The zero-order valence-corrected chi connectivity index (χ0v) is 16.4. The molecule has 0 fully saturated rings. The number of anilines is 1. The van der Waals surface area contributed by atoms with Crippen LogP contribution < -0.4 is 15.5 Å². The molecule has 0 bridgehead atoms. The average Bonchev–Trinajstić information content (AvgIpc) is 2.92. The lowest BCUT2D eigenvalue weighted by Gasteiger charge is -2.19. The molecule has 1 heterocycles. The Hall–Kier alpha value is -2.02. The molecule has 24 heavy (non-hydrogen) atoms. The van der Waals surface area contributed by atoms with Gasteiger partial charge in [-0.15, -0.1) is 0 Å².